The Labute approximate surface area is 199 Å². The zero-order valence-corrected chi connectivity index (χ0v) is 20.6. The highest BCUT2D eigenvalue weighted by atomic mass is 32.2. The van der Waals surface area contributed by atoms with Crippen LogP contribution in [0.2, 0.25) is 0 Å². The Morgan fingerprint density at radius 3 is 2.38 bits per heavy atom. The van der Waals surface area contributed by atoms with E-state index in [2.05, 4.69) is 76.1 Å². The number of aromatic nitrogens is 2. The monoisotopic (exact) mass is 480 g/mol. The summed E-state index contributed by atoms with van der Waals surface area (Å²) in [6, 6.07) is 3.87. The maximum Gasteiger partial charge on any atom is 0.141 e. The molecule has 0 aliphatic rings. The van der Waals surface area contributed by atoms with Crippen molar-refractivity contribution in [1.82, 2.24) is 9.97 Å². The van der Waals surface area contributed by atoms with Crippen molar-refractivity contribution in [2.75, 3.05) is 18.5 Å². The Morgan fingerprint density at radius 2 is 1.84 bits per heavy atom. The van der Waals surface area contributed by atoms with E-state index in [4.69, 9.17) is 5.73 Å². The van der Waals surface area contributed by atoms with Crippen molar-refractivity contribution in [2.45, 2.75) is 24.0 Å². The minimum Gasteiger partial charge on any atom is -0.397 e. The lowest BCUT2D eigenvalue weighted by Crippen LogP contribution is -1.98. The van der Waals surface area contributed by atoms with Crippen LogP contribution < -0.4 is 5.73 Å². The maximum atomic E-state index is 12.3. The van der Waals surface area contributed by atoms with Crippen LogP contribution >= 0.6 is 22.7 Å². The molecule has 3 aromatic rings. The molecule has 1 atom stereocenters. The molecule has 0 aliphatic carbocycles. The first-order chi connectivity index (χ1) is 15.5. The average Bonchev–Trinajstić information content (AvgIpc) is 3.44. The van der Waals surface area contributed by atoms with Gasteiger partial charge in [0, 0.05) is 29.8 Å². The van der Waals surface area contributed by atoms with E-state index < -0.39 is 10.8 Å². The van der Waals surface area contributed by atoms with E-state index in [1.807, 2.05) is 17.5 Å². The molecule has 0 amide bonds. The molecule has 1 unspecified atom stereocenters. The third-order valence-corrected chi connectivity index (χ3v) is 7.27. The number of pyridine rings is 1. The zero-order chi connectivity index (χ0) is 23.8. The maximum absolute atomic E-state index is 12.3. The molecular formula is C24H24N4OS3. The van der Waals surface area contributed by atoms with Gasteiger partial charge in [0.25, 0.3) is 0 Å². The summed E-state index contributed by atoms with van der Waals surface area (Å²) in [5, 5.41) is 3.70. The molecule has 2 N–H and O–H groups in total. The molecule has 32 heavy (non-hydrogen) atoms. The van der Waals surface area contributed by atoms with Crippen molar-refractivity contribution < 1.29 is 4.21 Å². The van der Waals surface area contributed by atoms with Crippen LogP contribution in [0, 0.1) is 0 Å². The molecule has 8 heteroatoms. The van der Waals surface area contributed by atoms with Crippen molar-refractivity contribution >= 4 is 56.1 Å². The van der Waals surface area contributed by atoms with Gasteiger partial charge in [0.15, 0.2) is 0 Å². The minimum atomic E-state index is -1.03. The number of nitrogens with two attached hydrogens (primary N) is 1. The largest absolute Gasteiger partial charge is 0.397 e. The topological polar surface area (TPSA) is 81.2 Å². The number of thiazole rings is 1. The summed E-state index contributed by atoms with van der Waals surface area (Å²) in [4.78, 5) is 13.0. The van der Waals surface area contributed by atoms with Crippen molar-refractivity contribution in [3.05, 3.63) is 71.3 Å². The molecule has 0 aromatic carbocycles. The summed E-state index contributed by atoms with van der Waals surface area (Å²) in [5.41, 5.74) is 22.1. The Balaban J connectivity index is 0.000000392. The van der Waals surface area contributed by atoms with E-state index in [0.717, 1.165) is 38.0 Å². The van der Waals surface area contributed by atoms with Gasteiger partial charge in [-0.25, -0.2) is 9.97 Å². The zero-order valence-electron chi connectivity index (χ0n) is 18.1. The second-order valence-electron chi connectivity index (χ2n) is 5.76. The number of thiophene rings is 1. The Kier molecular flexibility index (Phi) is 13.0. The van der Waals surface area contributed by atoms with Gasteiger partial charge in [-0.2, -0.15) is 0 Å². The SMILES string of the molecule is C=C=C=C=C=C=C=C.C=NC.CCCCS(=O)c1sc2nc(-c3nccs3)ccc2c1N. The predicted molar refractivity (Wildman–Crippen MR) is 139 cm³/mol. The van der Waals surface area contributed by atoms with Gasteiger partial charge < -0.3 is 10.7 Å². The highest BCUT2D eigenvalue weighted by Crippen LogP contribution is 2.36. The van der Waals surface area contributed by atoms with E-state index in [0.29, 0.717) is 11.4 Å². The van der Waals surface area contributed by atoms with Gasteiger partial charge in [0.1, 0.15) is 19.7 Å². The third kappa shape index (κ3) is 8.49. The van der Waals surface area contributed by atoms with Crippen LogP contribution in [-0.4, -0.2) is 33.7 Å². The standard InChI is InChI=1S/C14H15N3OS3.C8H4.C2H5N/c1-2-3-8-21(18)14-11(15)9-4-5-10(17-12(9)20-14)13-16-6-7-19-13;1-3-5-7-8-6-4-2;1-3-2/h4-7H,2-3,8,15H2,1H3;1-2H2;1H2,2H3. The summed E-state index contributed by atoms with van der Waals surface area (Å²) in [6.07, 6.45) is 3.74. The Morgan fingerprint density at radius 1 is 1.19 bits per heavy atom. The van der Waals surface area contributed by atoms with E-state index in [1.165, 1.54) is 11.3 Å². The second-order valence-corrected chi connectivity index (χ2v) is 9.42. The summed E-state index contributed by atoms with van der Waals surface area (Å²) >= 11 is 2.99. The molecule has 164 valence electrons. The molecule has 5 nitrogen and oxygen atoms in total. The molecular weight excluding hydrogens is 456 g/mol. The molecule has 3 aromatic heterocycles. The van der Waals surface area contributed by atoms with Gasteiger partial charge in [-0.3, -0.25) is 4.21 Å². The first-order valence-electron chi connectivity index (χ1n) is 9.40. The minimum absolute atomic E-state index is 0.614. The summed E-state index contributed by atoms with van der Waals surface area (Å²) in [5.74, 6) is 0.660. The van der Waals surface area contributed by atoms with Crippen LogP contribution in [0.15, 0.2) is 80.5 Å². The van der Waals surface area contributed by atoms with Gasteiger partial charge in [-0.05, 0) is 61.4 Å². The van der Waals surface area contributed by atoms with Crippen molar-refractivity contribution in [3.63, 3.8) is 0 Å². The van der Waals surface area contributed by atoms with Crippen LogP contribution in [0.5, 0.6) is 0 Å². The van der Waals surface area contributed by atoms with Gasteiger partial charge >= 0.3 is 0 Å². The average molecular weight is 481 g/mol. The number of fused-ring (bicyclic) bond motifs is 1. The molecule has 0 aliphatic heterocycles. The van der Waals surface area contributed by atoms with Gasteiger partial charge in [-0.1, -0.05) is 24.8 Å². The lowest BCUT2D eigenvalue weighted by Gasteiger charge is -1.99. The molecule has 0 bridgehead atoms. The van der Waals surface area contributed by atoms with E-state index in [9.17, 15) is 4.21 Å². The van der Waals surface area contributed by atoms with Gasteiger partial charge in [0.2, 0.25) is 0 Å². The number of hydrogen-bond donors (Lipinski definition) is 1. The van der Waals surface area contributed by atoms with Crippen LogP contribution in [0.25, 0.3) is 20.9 Å². The molecule has 3 heterocycles. The molecule has 0 radical (unpaired) electrons. The van der Waals surface area contributed by atoms with E-state index in [-0.39, 0.29) is 0 Å². The number of unbranched alkanes of at least 4 members (excludes halogenated alkanes) is 1. The summed E-state index contributed by atoms with van der Waals surface area (Å²) in [7, 11) is 0.609. The van der Waals surface area contributed by atoms with Gasteiger partial charge in [0.05, 0.1) is 16.5 Å². The lowest BCUT2D eigenvalue weighted by molar-refractivity contribution is 0.681. The molecule has 0 saturated heterocycles. The molecule has 0 fully saturated rings. The van der Waals surface area contributed by atoms with Crippen LogP contribution in [0.4, 0.5) is 5.69 Å². The predicted octanol–water partition coefficient (Wildman–Crippen LogP) is 5.96. The molecule has 0 saturated carbocycles. The second kappa shape index (κ2) is 15.6. The smallest absolute Gasteiger partial charge is 0.141 e. The van der Waals surface area contributed by atoms with E-state index >= 15 is 0 Å². The first-order valence-corrected chi connectivity index (χ1v) is 12.4. The van der Waals surface area contributed by atoms with Crippen molar-refractivity contribution in [1.29, 1.82) is 0 Å². The molecule has 0 spiro atoms. The fraction of sp³-hybridized carbons (Fsp3) is 0.208. The van der Waals surface area contributed by atoms with Crippen LogP contribution in [0.1, 0.15) is 19.8 Å². The van der Waals surface area contributed by atoms with Crippen molar-refractivity contribution in [3.8, 4) is 10.7 Å². The summed E-state index contributed by atoms with van der Waals surface area (Å²) < 4.78 is 13.1. The summed E-state index contributed by atoms with van der Waals surface area (Å²) in [6.45, 7) is 11.7. The number of rotatable bonds is 5. The number of aliphatic imine (C=N–C) groups is 1. The Bertz CT molecular complexity index is 1240. The highest BCUT2D eigenvalue weighted by Gasteiger charge is 2.16. The number of hydrogen-bond acceptors (Lipinski definition) is 7. The fourth-order valence-corrected chi connectivity index (χ4v) is 5.52. The first kappa shape index (κ1) is 26.8. The van der Waals surface area contributed by atoms with E-state index in [1.54, 1.807) is 24.6 Å². The third-order valence-electron chi connectivity index (χ3n) is 3.47. The lowest BCUT2D eigenvalue weighted by atomic mass is 10.3. The number of nitrogen functional groups attached to an aromatic ring is 1. The highest BCUT2D eigenvalue weighted by molar-refractivity contribution is 7.87. The van der Waals surface area contributed by atoms with Crippen LogP contribution in [-0.2, 0) is 10.8 Å². The number of nitrogens with zero attached hydrogens (tertiary/aromatic N) is 3. The Hall–Kier alpha value is -3.22. The number of anilines is 1. The quantitative estimate of drug-likeness (QED) is 0.361. The molecule has 3 rings (SSSR count). The van der Waals surface area contributed by atoms with Gasteiger partial charge in [-0.15, -0.1) is 22.7 Å². The van der Waals surface area contributed by atoms with Crippen molar-refractivity contribution in [2.24, 2.45) is 4.99 Å². The normalized spacial score (nSPS) is 9.69. The fourth-order valence-electron chi connectivity index (χ4n) is 2.13. The van der Waals surface area contributed by atoms with Crippen LogP contribution in [0.3, 0.4) is 0 Å².